The zero-order valence-corrected chi connectivity index (χ0v) is 13.3. The Labute approximate surface area is 132 Å². The number of ether oxygens (including phenoxy) is 1. The van der Waals surface area contributed by atoms with E-state index in [1.165, 1.54) is 0 Å². The number of nitrogens with zero attached hydrogens (tertiary/aromatic N) is 1. The summed E-state index contributed by atoms with van der Waals surface area (Å²) in [5, 5.41) is 12.1. The van der Waals surface area contributed by atoms with Gasteiger partial charge in [-0.05, 0) is 50.9 Å². The van der Waals surface area contributed by atoms with Crippen LogP contribution in [0, 0.1) is 5.92 Å². The third-order valence-corrected chi connectivity index (χ3v) is 4.08. The van der Waals surface area contributed by atoms with Crippen molar-refractivity contribution in [2.45, 2.75) is 26.2 Å². The van der Waals surface area contributed by atoms with Gasteiger partial charge in [-0.3, -0.25) is 4.79 Å². The number of anilines is 1. The van der Waals surface area contributed by atoms with E-state index >= 15 is 0 Å². The van der Waals surface area contributed by atoms with Crippen LogP contribution in [0.1, 0.15) is 26.2 Å². The van der Waals surface area contributed by atoms with E-state index in [2.05, 4.69) is 10.2 Å². The Morgan fingerprint density at radius 1 is 1.36 bits per heavy atom. The third-order valence-electron chi connectivity index (χ3n) is 4.08. The van der Waals surface area contributed by atoms with E-state index < -0.39 is 0 Å². The largest absolute Gasteiger partial charge is 0.492 e. The lowest BCUT2D eigenvalue weighted by molar-refractivity contribution is -0.116. The number of carbonyl (C=O) groups excluding carboxylic acids is 1. The molecule has 0 spiro atoms. The molecule has 5 nitrogen and oxygen atoms in total. The molecule has 0 atom stereocenters. The van der Waals surface area contributed by atoms with E-state index in [1.807, 2.05) is 31.2 Å². The predicted octanol–water partition coefficient (Wildman–Crippen LogP) is 2.12. The first-order valence-corrected chi connectivity index (χ1v) is 8.07. The molecule has 1 amide bonds. The molecule has 1 aromatic rings. The molecule has 1 heterocycles. The van der Waals surface area contributed by atoms with E-state index in [4.69, 9.17) is 9.84 Å². The number of amides is 1. The van der Waals surface area contributed by atoms with Gasteiger partial charge >= 0.3 is 0 Å². The van der Waals surface area contributed by atoms with Gasteiger partial charge in [-0.2, -0.15) is 0 Å². The highest BCUT2D eigenvalue weighted by Gasteiger charge is 2.18. The number of rotatable bonds is 7. The van der Waals surface area contributed by atoms with Crippen LogP contribution in [0.2, 0.25) is 0 Å². The third kappa shape index (κ3) is 5.00. The topological polar surface area (TPSA) is 61.8 Å². The SMILES string of the molecule is CCOc1ccccc1NC(=O)CCN1CCC(CO)CC1. The Bertz CT molecular complexity index is 471. The number of piperidine rings is 1. The molecule has 1 aromatic carbocycles. The molecule has 0 saturated carbocycles. The van der Waals surface area contributed by atoms with Gasteiger partial charge < -0.3 is 20.1 Å². The van der Waals surface area contributed by atoms with Gasteiger partial charge in [0, 0.05) is 19.6 Å². The van der Waals surface area contributed by atoms with E-state index in [9.17, 15) is 4.79 Å². The van der Waals surface area contributed by atoms with Crippen LogP contribution in [0.15, 0.2) is 24.3 Å². The number of benzene rings is 1. The summed E-state index contributed by atoms with van der Waals surface area (Å²) in [4.78, 5) is 14.4. The second-order valence-electron chi connectivity index (χ2n) is 5.69. The summed E-state index contributed by atoms with van der Waals surface area (Å²) >= 11 is 0. The van der Waals surface area contributed by atoms with E-state index in [0.29, 0.717) is 24.7 Å². The quantitative estimate of drug-likeness (QED) is 0.810. The fourth-order valence-corrected chi connectivity index (χ4v) is 2.72. The first kappa shape index (κ1) is 16.8. The van der Waals surface area contributed by atoms with Crippen molar-refractivity contribution >= 4 is 11.6 Å². The summed E-state index contributed by atoms with van der Waals surface area (Å²) < 4.78 is 5.51. The smallest absolute Gasteiger partial charge is 0.225 e. The van der Waals surface area contributed by atoms with Crippen LogP contribution < -0.4 is 10.1 Å². The fraction of sp³-hybridized carbons (Fsp3) is 0.588. The maximum atomic E-state index is 12.1. The second-order valence-corrected chi connectivity index (χ2v) is 5.69. The molecule has 1 fully saturated rings. The number of likely N-dealkylation sites (tertiary alicyclic amines) is 1. The monoisotopic (exact) mass is 306 g/mol. The molecule has 0 unspecified atom stereocenters. The normalized spacial score (nSPS) is 16.5. The van der Waals surface area contributed by atoms with Crippen LogP contribution in [-0.2, 0) is 4.79 Å². The molecular weight excluding hydrogens is 280 g/mol. The molecule has 0 aromatic heterocycles. The number of hydrogen-bond donors (Lipinski definition) is 2. The lowest BCUT2D eigenvalue weighted by atomic mass is 9.98. The van der Waals surface area contributed by atoms with Crippen molar-refractivity contribution in [1.29, 1.82) is 0 Å². The molecule has 1 saturated heterocycles. The second kappa shape index (κ2) is 8.76. The Morgan fingerprint density at radius 3 is 2.77 bits per heavy atom. The number of carbonyl (C=O) groups is 1. The lowest BCUT2D eigenvalue weighted by Crippen LogP contribution is -2.36. The molecule has 2 N–H and O–H groups in total. The fourth-order valence-electron chi connectivity index (χ4n) is 2.72. The molecule has 0 aliphatic carbocycles. The minimum atomic E-state index is 0.0106. The molecule has 5 heteroatoms. The van der Waals surface area contributed by atoms with Gasteiger partial charge in [0.05, 0.1) is 12.3 Å². The molecule has 0 bridgehead atoms. The summed E-state index contributed by atoms with van der Waals surface area (Å²) in [5.41, 5.74) is 0.730. The van der Waals surface area contributed by atoms with Gasteiger partial charge in [-0.15, -0.1) is 0 Å². The van der Waals surface area contributed by atoms with Crippen LogP contribution >= 0.6 is 0 Å². The average molecular weight is 306 g/mol. The zero-order valence-electron chi connectivity index (χ0n) is 13.3. The van der Waals surface area contributed by atoms with Crippen molar-refractivity contribution in [2.75, 3.05) is 38.2 Å². The maximum Gasteiger partial charge on any atom is 0.225 e. The van der Waals surface area contributed by atoms with Gasteiger partial charge in [0.15, 0.2) is 0 Å². The first-order chi connectivity index (χ1) is 10.7. The van der Waals surface area contributed by atoms with Crippen molar-refractivity contribution in [3.63, 3.8) is 0 Å². The molecular formula is C17H26N2O3. The van der Waals surface area contributed by atoms with Crippen LogP contribution in [0.5, 0.6) is 5.75 Å². The van der Waals surface area contributed by atoms with Crippen molar-refractivity contribution in [3.8, 4) is 5.75 Å². The van der Waals surface area contributed by atoms with Crippen LogP contribution in [0.25, 0.3) is 0 Å². The van der Waals surface area contributed by atoms with Crippen molar-refractivity contribution in [2.24, 2.45) is 5.92 Å². The predicted molar refractivity (Wildman–Crippen MR) is 87.1 cm³/mol. The number of para-hydroxylation sites is 2. The Kier molecular flexibility index (Phi) is 6.68. The van der Waals surface area contributed by atoms with Crippen LogP contribution in [0.3, 0.4) is 0 Å². The highest BCUT2D eigenvalue weighted by Crippen LogP contribution is 2.24. The highest BCUT2D eigenvalue weighted by atomic mass is 16.5. The Balaban J connectivity index is 1.76. The molecule has 1 aliphatic heterocycles. The number of aliphatic hydroxyl groups excluding tert-OH is 1. The molecule has 122 valence electrons. The van der Waals surface area contributed by atoms with Gasteiger partial charge in [-0.25, -0.2) is 0 Å². The summed E-state index contributed by atoms with van der Waals surface area (Å²) in [7, 11) is 0. The highest BCUT2D eigenvalue weighted by molar-refractivity contribution is 5.92. The first-order valence-electron chi connectivity index (χ1n) is 8.07. The lowest BCUT2D eigenvalue weighted by Gasteiger charge is -2.30. The summed E-state index contributed by atoms with van der Waals surface area (Å²) in [5.74, 6) is 1.15. The van der Waals surface area contributed by atoms with Gasteiger partial charge in [0.1, 0.15) is 5.75 Å². The van der Waals surface area contributed by atoms with Crippen molar-refractivity contribution < 1.29 is 14.6 Å². The summed E-state index contributed by atoms with van der Waals surface area (Å²) in [6, 6.07) is 7.50. The van der Waals surface area contributed by atoms with E-state index in [0.717, 1.165) is 38.2 Å². The number of hydrogen-bond acceptors (Lipinski definition) is 4. The van der Waals surface area contributed by atoms with Gasteiger partial charge in [0.25, 0.3) is 0 Å². The summed E-state index contributed by atoms with van der Waals surface area (Å²) in [6.07, 6.45) is 2.51. The van der Waals surface area contributed by atoms with E-state index in [1.54, 1.807) is 0 Å². The Morgan fingerprint density at radius 2 is 2.09 bits per heavy atom. The van der Waals surface area contributed by atoms with Crippen molar-refractivity contribution in [3.05, 3.63) is 24.3 Å². The number of aliphatic hydroxyl groups is 1. The maximum absolute atomic E-state index is 12.1. The average Bonchev–Trinajstić information content (AvgIpc) is 2.55. The molecule has 0 radical (unpaired) electrons. The van der Waals surface area contributed by atoms with Gasteiger partial charge in [0.2, 0.25) is 5.91 Å². The molecule has 22 heavy (non-hydrogen) atoms. The minimum absolute atomic E-state index is 0.0106. The molecule has 1 aliphatic rings. The molecule has 2 rings (SSSR count). The van der Waals surface area contributed by atoms with Crippen LogP contribution in [-0.4, -0.2) is 48.8 Å². The van der Waals surface area contributed by atoms with Gasteiger partial charge in [-0.1, -0.05) is 12.1 Å². The van der Waals surface area contributed by atoms with E-state index in [-0.39, 0.29) is 12.5 Å². The Hall–Kier alpha value is -1.59. The minimum Gasteiger partial charge on any atom is -0.492 e. The van der Waals surface area contributed by atoms with Crippen LogP contribution in [0.4, 0.5) is 5.69 Å². The standard InChI is InChI=1S/C17H26N2O3/c1-2-22-16-6-4-3-5-15(16)18-17(21)9-12-19-10-7-14(13-20)8-11-19/h3-6,14,20H,2,7-13H2,1H3,(H,18,21). The number of nitrogens with one attached hydrogen (secondary N) is 1. The zero-order chi connectivity index (χ0) is 15.8. The van der Waals surface area contributed by atoms with Crippen molar-refractivity contribution in [1.82, 2.24) is 4.90 Å². The summed E-state index contributed by atoms with van der Waals surface area (Å²) in [6.45, 7) is 5.48.